The van der Waals surface area contributed by atoms with E-state index in [1.54, 1.807) is 11.3 Å². The van der Waals surface area contributed by atoms with Crippen molar-refractivity contribution < 1.29 is 14.6 Å². The number of ketones is 1. The summed E-state index contributed by atoms with van der Waals surface area (Å²) in [5, 5.41) is 13.5. The molecule has 136 valence electrons. The van der Waals surface area contributed by atoms with Gasteiger partial charge in [-0.3, -0.25) is 9.79 Å². The number of fused-ring (bicyclic) bond motifs is 1. The van der Waals surface area contributed by atoms with Gasteiger partial charge in [0, 0.05) is 39.2 Å². The number of aliphatic hydroxyl groups excluding tert-OH is 1. The average Bonchev–Trinajstić information content (AvgIpc) is 3.09. The first-order chi connectivity index (χ1) is 12.6. The highest BCUT2D eigenvalue weighted by Crippen LogP contribution is 2.50. The average molecular weight is 452 g/mol. The molecule has 0 aliphatic carbocycles. The van der Waals surface area contributed by atoms with E-state index >= 15 is 0 Å². The van der Waals surface area contributed by atoms with Gasteiger partial charge in [-0.05, 0) is 22.0 Å². The van der Waals surface area contributed by atoms with Gasteiger partial charge in [-0.15, -0.1) is 11.3 Å². The van der Waals surface area contributed by atoms with Crippen LogP contribution in [0.1, 0.15) is 28.1 Å². The minimum atomic E-state index is -0.632. The highest BCUT2D eigenvalue weighted by molar-refractivity contribution is 9.10. The van der Waals surface area contributed by atoms with Gasteiger partial charge >= 0.3 is 0 Å². The number of benzene rings is 1. The van der Waals surface area contributed by atoms with Crippen LogP contribution in [-0.2, 0) is 10.3 Å². The first kappa shape index (κ1) is 18.4. The SMILES string of the molecule is O=C(CC1=N[C@@]2(c3cc(Br)cs3)CCOC[C@H]2C(O)S1)c1ccccc1. The standard InChI is InChI=1S/C19H18BrNO3S2/c20-13-8-16(25-11-13)19-6-7-24-10-14(19)18(23)26-17(21-19)9-15(22)12-4-2-1-3-5-12/h1-5,8,11,14,18,23H,6-7,9-10H2/t14-,18?,19-/m0/s1. The highest BCUT2D eigenvalue weighted by atomic mass is 79.9. The van der Waals surface area contributed by atoms with Crippen LogP contribution >= 0.6 is 39.0 Å². The van der Waals surface area contributed by atoms with Gasteiger partial charge < -0.3 is 9.84 Å². The van der Waals surface area contributed by atoms with E-state index in [1.807, 2.05) is 35.7 Å². The van der Waals surface area contributed by atoms with Crippen molar-refractivity contribution in [2.45, 2.75) is 23.8 Å². The van der Waals surface area contributed by atoms with E-state index in [1.165, 1.54) is 11.8 Å². The Morgan fingerprint density at radius 2 is 2.19 bits per heavy atom. The molecule has 1 aromatic carbocycles. The zero-order chi connectivity index (χ0) is 18.1. The minimum Gasteiger partial charge on any atom is -0.382 e. The molecule has 0 amide bonds. The van der Waals surface area contributed by atoms with E-state index in [0.717, 1.165) is 9.35 Å². The second kappa shape index (κ2) is 7.56. The lowest BCUT2D eigenvalue weighted by atomic mass is 9.79. The smallest absolute Gasteiger partial charge is 0.169 e. The fourth-order valence-corrected chi connectivity index (χ4v) is 6.38. The Morgan fingerprint density at radius 3 is 2.92 bits per heavy atom. The Bertz CT molecular complexity index is 838. The molecule has 3 heterocycles. The van der Waals surface area contributed by atoms with Crippen molar-refractivity contribution in [3.05, 3.63) is 56.7 Å². The summed E-state index contributed by atoms with van der Waals surface area (Å²) in [5.74, 6) is -0.0838. The summed E-state index contributed by atoms with van der Waals surface area (Å²) in [5.41, 5.74) is -0.467. The first-order valence-corrected chi connectivity index (χ1v) is 11.0. The number of Topliss-reactive ketones (excluding diaryl/α,β-unsaturated/α-hetero) is 1. The van der Waals surface area contributed by atoms with Crippen LogP contribution in [0.15, 0.2) is 51.2 Å². The fraction of sp³-hybridized carbons (Fsp3) is 0.368. The Hall–Kier alpha value is -0.990. The fourth-order valence-electron chi connectivity index (χ4n) is 3.53. The molecular formula is C19H18BrNO3S2. The van der Waals surface area contributed by atoms with Gasteiger partial charge in [0.2, 0.25) is 0 Å². The molecule has 1 unspecified atom stereocenters. The zero-order valence-electron chi connectivity index (χ0n) is 13.9. The molecule has 0 radical (unpaired) electrons. The molecule has 0 bridgehead atoms. The molecule has 1 aromatic heterocycles. The number of carbonyl (C=O) groups excluding carboxylic acids is 1. The van der Waals surface area contributed by atoms with Crippen LogP contribution in [0.3, 0.4) is 0 Å². The van der Waals surface area contributed by atoms with E-state index < -0.39 is 11.0 Å². The van der Waals surface area contributed by atoms with E-state index in [2.05, 4.69) is 22.0 Å². The maximum absolute atomic E-state index is 12.6. The van der Waals surface area contributed by atoms with Gasteiger partial charge in [0.05, 0.1) is 18.1 Å². The van der Waals surface area contributed by atoms with Crippen molar-refractivity contribution in [3.8, 4) is 0 Å². The summed E-state index contributed by atoms with van der Waals surface area (Å²) >= 11 is 6.45. The molecule has 2 aliphatic heterocycles. The lowest BCUT2D eigenvalue weighted by Gasteiger charge is -2.45. The van der Waals surface area contributed by atoms with Crippen LogP contribution < -0.4 is 0 Å². The molecule has 3 atom stereocenters. The number of carbonyl (C=O) groups is 1. The number of ether oxygens (including phenoxy) is 1. The third kappa shape index (κ3) is 3.43. The predicted molar refractivity (Wildman–Crippen MR) is 109 cm³/mol. The number of nitrogens with zero attached hydrogens (tertiary/aromatic N) is 1. The summed E-state index contributed by atoms with van der Waals surface area (Å²) in [7, 11) is 0. The van der Waals surface area contributed by atoms with Gasteiger partial charge in [-0.25, -0.2) is 0 Å². The van der Waals surface area contributed by atoms with Crippen molar-refractivity contribution >= 4 is 49.9 Å². The van der Waals surface area contributed by atoms with Crippen LogP contribution in [0.4, 0.5) is 0 Å². The Balaban J connectivity index is 1.69. The third-order valence-electron chi connectivity index (χ3n) is 4.87. The van der Waals surface area contributed by atoms with E-state index in [0.29, 0.717) is 30.2 Å². The van der Waals surface area contributed by atoms with Gasteiger partial charge in [0.15, 0.2) is 5.78 Å². The molecule has 0 saturated carbocycles. The predicted octanol–water partition coefficient (Wildman–Crippen LogP) is 4.48. The maximum atomic E-state index is 12.6. The number of aliphatic imine (C=N–C) groups is 1. The van der Waals surface area contributed by atoms with Crippen molar-refractivity contribution in [1.29, 1.82) is 0 Å². The molecule has 1 N–H and O–H groups in total. The molecule has 4 rings (SSSR count). The minimum absolute atomic E-state index is 0.0251. The number of thiophene rings is 1. The van der Waals surface area contributed by atoms with E-state index in [-0.39, 0.29) is 18.1 Å². The van der Waals surface area contributed by atoms with Gasteiger partial charge in [-0.1, -0.05) is 42.1 Å². The number of hydrogen-bond acceptors (Lipinski definition) is 6. The number of halogens is 1. The largest absolute Gasteiger partial charge is 0.382 e. The molecule has 4 nitrogen and oxygen atoms in total. The Morgan fingerprint density at radius 1 is 1.38 bits per heavy atom. The normalized spacial score (nSPS) is 28.3. The zero-order valence-corrected chi connectivity index (χ0v) is 17.1. The summed E-state index contributed by atoms with van der Waals surface area (Å²) in [6.45, 7) is 1.08. The molecular weight excluding hydrogens is 434 g/mol. The molecule has 2 aliphatic rings. The molecule has 26 heavy (non-hydrogen) atoms. The van der Waals surface area contributed by atoms with Gasteiger partial charge in [0.1, 0.15) is 11.0 Å². The van der Waals surface area contributed by atoms with E-state index in [4.69, 9.17) is 9.73 Å². The van der Waals surface area contributed by atoms with Crippen molar-refractivity contribution in [1.82, 2.24) is 0 Å². The van der Waals surface area contributed by atoms with Crippen LogP contribution in [0.5, 0.6) is 0 Å². The molecule has 7 heteroatoms. The lowest BCUT2D eigenvalue weighted by molar-refractivity contribution is -0.0314. The van der Waals surface area contributed by atoms with Crippen molar-refractivity contribution in [2.75, 3.05) is 13.2 Å². The number of hydrogen-bond donors (Lipinski definition) is 1. The molecule has 1 saturated heterocycles. The number of thioether (sulfide) groups is 1. The van der Waals surface area contributed by atoms with Gasteiger partial charge in [-0.2, -0.15) is 0 Å². The van der Waals surface area contributed by atoms with Crippen LogP contribution in [0.2, 0.25) is 0 Å². The van der Waals surface area contributed by atoms with Crippen molar-refractivity contribution in [3.63, 3.8) is 0 Å². The van der Waals surface area contributed by atoms with E-state index in [9.17, 15) is 9.90 Å². The van der Waals surface area contributed by atoms with Crippen LogP contribution in [-0.4, -0.2) is 34.6 Å². The Labute approximate surface area is 168 Å². The molecule has 1 fully saturated rings. The number of aliphatic hydroxyl groups is 1. The molecule has 2 aromatic rings. The third-order valence-corrected chi connectivity index (χ3v) is 7.80. The summed E-state index contributed by atoms with van der Waals surface area (Å²) in [6, 6.07) is 11.3. The topological polar surface area (TPSA) is 58.9 Å². The Kier molecular flexibility index (Phi) is 5.34. The molecule has 0 spiro atoms. The van der Waals surface area contributed by atoms with Crippen LogP contribution in [0.25, 0.3) is 0 Å². The monoisotopic (exact) mass is 451 g/mol. The summed E-state index contributed by atoms with van der Waals surface area (Å²) in [6.07, 6.45) is 0.929. The van der Waals surface area contributed by atoms with Gasteiger partial charge in [0.25, 0.3) is 0 Å². The summed E-state index contributed by atoms with van der Waals surface area (Å²) < 4.78 is 6.65. The second-order valence-electron chi connectivity index (χ2n) is 6.46. The van der Waals surface area contributed by atoms with Crippen LogP contribution in [0, 0.1) is 5.92 Å². The first-order valence-electron chi connectivity index (χ1n) is 8.42. The number of rotatable bonds is 4. The quantitative estimate of drug-likeness (QED) is 0.696. The maximum Gasteiger partial charge on any atom is 0.169 e. The van der Waals surface area contributed by atoms with Crippen molar-refractivity contribution in [2.24, 2.45) is 10.9 Å². The summed E-state index contributed by atoms with van der Waals surface area (Å²) in [4.78, 5) is 18.8. The lowest BCUT2D eigenvalue weighted by Crippen LogP contribution is -2.49. The second-order valence-corrected chi connectivity index (χ2v) is 9.48. The highest BCUT2D eigenvalue weighted by Gasteiger charge is 2.50.